The molecule has 0 atom stereocenters. The predicted molar refractivity (Wildman–Crippen MR) is 119 cm³/mol. The number of methoxy groups -OCH3 is 1. The Morgan fingerprint density at radius 1 is 0.931 bits per heavy atom. The second-order valence-electron chi connectivity index (χ2n) is 6.22. The van der Waals surface area contributed by atoms with E-state index < -0.39 is 0 Å². The fourth-order valence-electron chi connectivity index (χ4n) is 2.96. The molecular formula is C23H17ClN2O2S. The first kappa shape index (κ1) is 19.2. The number of halogens is 1. The third kappa shape index (κ3) is 4.16. The minimum absolute atomic E-state index is 0.265. The summed E-state index contributed by atoms with van der Waals surface area (Å²) in [4.78, 5) is 18.5. The number of ether oxygens (including phenoxy) is 1. The quantitative estimate of drug-likeness (QED) is 0.407. The number of aromatic nitrogens is 1. The van der Waals surface area contributed by atoms with Gasteiger partial charge in [0.25, 0.3) is 5.91 Å². The maximum atomic E-state index is 12.8. The summed E-state index contributed by atoms with van der Waals surface area (Å²) in [5.41, 5.74) is 3.22. The molecule has 0 aliphatic heterocycles. The number of anilines is 1. The van der Waals surface area contributed by atoms with Crippen molar-refractivity contribution in [1.82, 2.24) is 4.98 Å². The van der Waals surface area contributed by atoms with E-state index in [1.54, 1.807) is 25.3 Å². The fourth-order valence-corrected chi connectivity index (χ4v) is 4.07. The van der Waals surface area contributed by atoms with Crippen LogP contribution in [0.2, 0.25) is 5.02 Å². The lowest BCUT2D eigenvalue weighted by Crippen LogP contribution is -2.12. The van der Waals surface area contributed by atoms with E-state index in [2.05, 4.69) is 5.32 Å². The van der Waals surface area contributed by atoms with Crippen molar-refractivity contribution in [2.75, 3.05) is 12.4 Å². The minimum atomic E-state index is -0.265. The van der Waals surface area contributed by atoms with E-state index in [9.17, 15) is 4.79 Å². The fraction of sp³-hybridized carbons (Fsp3) is 0.0435. The summed E-state index contributed by atoms with van der Waals surface area (Å²) in [5.74, 6) is 0.251. The van der Waals surface area contributed by atoms with E-state index in [1.807, 2.05) is 60.7 Å². The van der Waals surface area contributed by atoms with Crippen molar-refractivity contribution in [3.63, 3.8) is 0 Å². The molecule has 0 aliphatic carbocycles. The lowest BCUT2D eigenvalue weighted by atomic mass is 10.1. The Morgan fingerprint density at radius 3 is 2.34 bits per heavy atom. The van der Waals surface area contributed by atoms with Gasteiger partial charge in [0, 0.05) is 10.6 Å². The van der Waals surface area contributed by atoms with Crippen LogP contribution in [0.5, 0.6) is 5.75 Å². The summed E-state index contributed by atoms with van der Waals surface area (Å²) in [5, 5.41) is 4.09. The standard InChI is InChI=1S/C23H17ClN2O2S/c1-28-19-10-6-5-9-18(19)22(27)26-23-25-20(15-11-13-17(24)14-12-15)21(29-23)16-7-3-2-4-8-16/h2-14H,1H3,(H,25,26,27). The summed E-state index contributed by atoms with van der Waals surface area (Å²) in [7, 11) is 1.54. The van der Waals surface area contributed by atoms with Gasteiger partial charge in [-0.3, -0.25) is 10.1 Å². The van der Waals surface area contributed by atoms with Gasteiger partial charge in [0.15, 0.2) is 5.13 Å². The Kier molecular flexibility index (Phi) is 5.60. The third-order valence-corrected chi connectivity index (χ3v) is 5.62. The second-order valence-corrected chi connectivity index (χ2v) is 7.66. The van der Waals surface area contributed by atoms with Gasteiger partial charge in [0.05, 0.1) is 23.2 Å². The first-order valence-corrected chi connectivity index (χ1v) is 10.1. The number of hydrogen-bond acceptors (Lipinski definition) is 4. The molecule has 4 aromatic rings. The summed E-state index contributed by atoms with van der Waals surface area (Å²) in [6.07, 6.45) is 0. The molecule has 1 N–H and O–H groups in total. The molecule has 0 spiro atoms. The zero-order valence-corrected chi connectivity index (χ0v) is 17.1. The zero-order valence-electron chi connectivity index (χ0n) is 15.6. The molecule has 4 rings (SSSR count). The highest BCUT2D eigenvalue weighted by atomic mass is 35.5. The van der Waals surface area contributed by atoms with Crippen molar-refractivity contribution in [2.24, 2.45) is 0 Å². The number of carbonyl (C=O) groups is 1. The van der Waals surface area contributed by atoms with E-state index >= 15 is 0 Å². The molecule has 4 nitrogen and oxygen atoms in total. The summed E-state index contributed by atoms with van der Waals surface area (Å²) < 4.78 is 5.29. The van der Waals surface area contributed by atoms with Crippen LogP contribution in [0.4, 0.5) is 5.13 Å². The number of hydrogen-bond donors (Lipinski definition) is 1. The number of nitrogens with zero attached hydrogens (tertiary/aromatic N) is 1. The molecule has 0 radical (unpaired) electrons. The number of carbonyl (C=O) groups excluding carboxylic acids is 1. The predicted octanol–water partition coefficient (Wildman–Crippen LogP) is 6.39. The van der Waals surface area contributed by atoms with Crippen molar-refractivity contribution in [3.05, 3.63) is 89.4 Å². The van der Waals surface area contributed by atoms with Crippen LogP contribution in [0, 0.1) is 0 Å². The molecule has 6 heteroatoms. The van der Waals surface area contributed by atoms with Crippen molar-refractivity contribution in [2.45, 2.75) is 0 Å². The average Bonchev–Trinajstić information content (AvgIpc) is 3.18. The highest BCUT2D eigenvalue weighted by Crippen LogP contribution is 2.39. The highest BCUT2D eigenvalue weighted by molar-refractivity contribution is 7.19. The number of para-hydroxylation sites is 1. The van der Waals surface area contributed by atoms with Crippen LogP contribution in [0.15, 0.2) is 78.9 Å². The molecule has 0 saturated carbocycles. The number of thiazole rings is 1. The minimum Gasteiger partial charge on any atom is -0.496 e. The molecule has 1 heterocycles. The van der Waals surface area contributed by atoms with Crippen molar-refractivity contribution < 1.29 is 9.53 Å². The van der Waals surface area contributed by atoms with Crippen LogP contribution in [0.1, 0.15) is 10.4 Å². The zero-order chi connectivity index (χ0) is 20.2. The Labute approximate surface area is 177 Å². The summed E-state index contributed by atoms with van der Waals surface area (Å²) >= 11 is 7.47. The monoisotopic (exact) mass is 420 g/mol. The molecule has 1 aromatic heterocycles. The van der Waals surface area contributed by atoms with E-state index in [0.29, 0.717) is 21.5 Å². The Balaban J connectivity index is 1.73. The molecule has 0 saturated heterocycles. The van der Waals surface area contributed by atoms with Crippen LogP contribution >= 0.6 is 22.9 Å². The van der Waals surface area contributed by atoms with E-state index in [4.69, 9.17) is 21.3 Å². The van der Waals surface area contributed by atoms with Crippen LogP contribution < -0.4 is 10.1 Å². The van der Waals surface area contributed by atoms with Crippen LogP contribution in [-0.4, -0.2) is 18.0 Å². The van der Waals surface area contributed by atoms with Crippen LogP contribution in [-0.2, 0) is 0 Å². The summed E-state index contributed by atoms with van der Waals surface area (Å²) in [6, 6.07) is 24.6. The second kappa shape index (κ2) is 8.47. The maximum Gasteiger partial charge on any atom is 0.261 e. The van der Waals surface area contributed by atoms with Gasteiger partial charge in [-0.05, 0) is 29.8 Å². The van der Waals surface area contributed by atoms with Crippen molar-refractivity contribution in [1.29, 1.82) is 0 Å². The van der Waals surface area contributed by atoms with E-state index in [0.717, 1.165) is 21.7 Å². The molecule has 3 aromatic carbocycles. The maximum absolute atomic E-state index is 12.8. The normalized spacial score (nSPS) is 10.6. The van der Waals surface area contributed by atoms with E-state index in [1.165, 1.54) is 11.3 Å². The molecule has 0 fully saturated rings. The average molecular weight is 421 g/mol. The van der Waals surface area contributed by atoms with Crippen molar-refractivity contribution >= 4 is 34.0 Å². The molecule has 0 aliphatic rings. The summed E-state index contributed by atoms with van der Waals surface area (Å²) in [6.45, 7) is 0. The van der Waals surface area contributed by atoms with Gasteiger partial charge in [0.1, 0.15) is 5.75 Å². The SMILES string of the molecule is COc1ccccc1C(=O)Nc1nc(-c2ccc(Cl)cc2)c(-c2ccccc2)s1. The van der Waals surface area contributed by atoms with Gasteiger partial charge in [-0.1, -0.05) is 77.5 Å². The van der Waals surface area contributed by atoms with Crippen LogP contribution in [0.25, 0.3) is 21.7 Å². The van der Waals surface area contributed by atoms with Gasteiger partial charge in [-0.15, -0.1) is 0 Å². The lowest BCUT2D eigenvalue weighted by Gasteiger charge is -2.07. The number of benzene rings is 3. The first-order chi connectivity index (χ1) is 14.2. The topological polar surface area (TPSA) is 51.2 Å². The van der Waals surface area contributed by atoms with Gasteiger partial charge in [0.2, 0.25) is 0 Å². The smallest absolute Gasteiger partial charge is 0.261 e. The Morgan fingerprint density at radius 2 is 1.62 bits per heavy atom. The number of nitrogens with one attached hydrogen (secondary N) is 1. The van der Waals surface area contributed by atoms with Crippen LogP contribution in [0.3, 0.4) is 0 Å². The Bertz CT molecular complexity index is 1140. The lowest BCUT2D eigenvalue weighted by molar-refractivity contribution is 0.102. The first-order valence-electron chi connectivity index (χ1n) is 8.92. The van der Waals surface area contributed by atoms with Gasteiger partial charge in [-0.2, -0.15) is 0 Å². The Hall–Kier alpha value is -3.15. The molecule has 0 unspecified atom stereocenters. The van der Waals surface area contributed by atoms with Gasteiger partial charge >= 0.3 is 0 Å². The van der Waals surface area contributed by atoms with Crippen molar-refractivity contribution in [3.8, 4) is 27.4 Å². The number of rotatable bonds is 5. The molecular weight excluding hydrogens is 404 g/mol. The molecule has 29 heavy (non-hydrogen) atoms. The molecule has 1 amide bonds. The third-order valence-electron chi connectivity index (χ3n) is 4.35. The van der Waals surface area contributed by atoms with Gasteiger partial charge < -0.3 is 4.74 Å². The molecule has 0 bridgehead atoms. The highest BCUT2D eigenvalue weighted by Gasteiger charge is 2.18. The number of amides is 1. The largest absolute Gasteiger partial charge is 0.496 e. The van der Waals surface area contributed by atoms with E-state index in [-0.39, 0.29) is 5.91 Å². The van der Waals surface area contributed by atoms with Gasteiger partial charge in [-0.25, -0.2) is 4.98 Å². The molecule has 144 valence electrons.